The zero-order chi connectivity index (χ0) is 14.0. The van der Waals surface area contributed by atoms with Crippen LogP contribution < -0.4 is 17.2 Å². The maximum atomic E-state index is 10.6. The van der Waals surface area contributed by atoms with Crippen molar-refractivity contribution in [3.8, 4) is 0 Å². The minimum Gasteiger partial charge on any atom is -0.441 e. The van der Waals surface area contributed by atoms with Crippen molar-refractivity contribution in [1.29, 1.82) is 0 Å². The molecular formula is C8H16N4O6. The van der Waals surface area contributed by atoms with Gasteiger partial charge in [-0.2, -0.15) is 0 Å². The monoisotopic (exact) mass is 264 g/mol. The summed E-state index contributed by atoms with van der Waals surface area (Å²) in [4.78, 5) is 14.1. The largest absolute Gasteiger partial charge is 0.441 e. The van der Waals surface area contributed by atoms with Crippen LogP contribution in [0.25, 0.3) is 0 Å². The van der Waals surface area contributed by atoms with Crippen molar-refractivity contribution in [3.63, 3.8) is 0 Å². The van der Waals surface area contributed by atoms with Gasteiger partial charge in [-0.3, -0.25) is 0 Å². The molecule has 6 atom stereocenters. The minimum atomic E-state index is -1.71. The van der Waals surface area contributed by atoms with Gasteiger partial charge in [0, 0.05) is 0 Å². The van der Waals surface area contributed by atoms with Crippen molar-refractivity contribution >= 4 is 12.1 Å². The van der Waals surface area contributed by atoms with Gasteiger partial charge in [0.1, 0.15) is 30.5 Å². The van der Waals surface area contributed by atoms with Crippen molar-refractivity contribution in [3.05, 3.63) is 0 Å². The Morgan fingerprint density at radius 3 is 1.94 bits per heavy atom. The van der Waals surface area contributed by atoms with E-state index in [0.717, 1.165) is 0 Å². The summed E-state index contributed by atoms with van der Waals surface area (Å²) in [6.07, 6.45) is -9.46. The quantitative estimate of drug-likeness (QED) is 0.191. The molecule has 0 heterocycles. The molecule has 1 aliphatic rings. The first-order valence-electron chi connectivity index (χ1n) is 5.02. The summed E-state index contributed by atoms with van der Waals surface area (Å²) in [6.45, 7) is 0. The molecule has 0 saturated heterocycles. The van der Waals surface area contributed by atoms with Gasteiger partial charge in [-0.15, -0.1) is 0 Å². The van der Waals surface area contributed by atoms with E-state index < -0.39 is 48.6 Å². The predicted molar refractivity (Wildman–Crippen MR) is 58.1 cm³/mol. The number of carbonyl (C=O) groups is 1. The molecule has 1 rings (SSSR count). The predicted octanol–water partition coefficient (Wildman–Crippen LogP) is -4.45. The fourth-order valence-electron chi connectivity index (χ4n) is 1.80. The van der Waals surface area contributed by atoms with Gasteiger partial charge in [0.2, 0.25) is 0 Å². The molecule has 0 aromatic rings. The van der Waals surface area contributed by atoms with Crippen molar-refractivity contribution in [2.75, 3.05) is 0 Å². The van der Waals surface area contributed by atoms with Crippen LogP contribution in [0.5, 0.6) is 0 Å². The van der Waals surface area contributed by atoms with Crippen molar-refractivity contribution in [2.24, 2.45) is 22.2 Å². The fraction of sp³-hybridized carbons (Fsp3) is 0.750. The van der Waals surface area contributed by atoms with E-state index in [1.54, 1.807) is 0 Å². The van der Waals surface area contributed by atoms with E-state index in [2.05, 4.69) is 9.73 Å². The number of hydrogen-bond donors (Lipinski definition) is 7. The van der Waals surface area contributed by atoms with Crippen LogP contribution in [0.15, 0.2) is 4.99 Å². The molecule has 1 amide bonds. The molecule has 10 nitrogen and oxygen atoms in total. The molecule has 0 aromatic heterocycles. The van der Waals surface area contributed by atoms with Crippen LogP contribution in [0.1, 0.15) is 0 Å². The number of aliphatic hydroxyl groups excluding tert-OH is 4. The van der Waals surface area contributed by atoms with Crippen LogP contribution in [0.4, 0.5) is 4.79 Å². The molecule has 104 valence electrons. The first-order valence-corrected chi connectivity index (χ1v) is 5.02. The molecule has 1 aliphatic carbocycles. The van der Waals surface area contributed by atoms with Gasteiger partial charge in [-0.25, -0.2) is 9.79 Å². The van der Waals surface area contributed by atoms with Crippen LogP contribution in [0, 0.1) is 0 Å². The van der Waals surface area contributed by atoms with Crippen molar-refractivity contribution < 1.29 is 30.0 Å². The summed E-state index contributed by atoms with van der Waals surface area (Å²) in [5.74, 6) is -0.445. The van der Waals surface area contributed by atoms with Crippen LogP contribution in [0.3, 0.4) is 0 Å². The summed E-state index contributed by atoms with van der Waals surface area (Å²) in [7, 11) is 0. The van der Waals surface area contributed by atoms with E-state index in [-0.39, 0.29) is 0 Å². The first-order chi connectivity index (χ1) is 8.25. The molecule has 0 aliphatic heterocycles. The SMILES string of the molecule is NC(=O)OC1C(O)C(O)C(O)C(N=C(N)N)C1O. The Labute approximate surface area is 102 Å². The van der Waals surface area contributed by atoms with Gasteiger partial charge in [0.15, 0.2) is 12.1 Å². The standard InChI is InChI=1S/C8H16N4O6/c9-7(10)12-1-2(13)4(15)5(16)6(3(1)14)18-8(11)17/h1-6,13-16H,(H2,11,17)(H4,9,10,12). The van der Waals surface area contributed by atoms with Crippen molar-refractivity contribution in [1.82, 2.24) is 0 Å². The van der Waals surface area contributed by atoms with E-state index in [9.17, 15) is 25.2 Å². The third-order valence-electron chi connectivity index (χ3n) is 2.62. The van der Waals surface area contributed by atoms with Crippen LogP contribution in [-0.4, -0.2) is 69.0 Å². The van der Waals surface area contributed by atoms with Gasteiger partial charge < -0.3 is 42.4 Å². The average molecular weight is 264 g/mol. The topological polar surface area (TPSA) is 198 Å². The molecule has 1 saturated carbocycles. The highest BCUT2D eigenvalue weighted by Crippen LogP contribution is 2.25. The third-order valence-corrected chi connectivity index (χ3v) is 2.62. The second-order valence-corrected chi connectivity index (χ2v) is 3.91. The van der Waals surface area contributed by atoms with E-state index in [4.69, 9.17) is 17.2 Å². The van der Waals surface area contributed by atoms with E-state index in [0.29, 0.717) is 0 Å². The van der Waals surface area contributed by atoms with Gasteiger partial charge in [-0.05, 0) is 0 Å². The molecule has 18 heavy (non-hydrogen) atoms. The number of rotatable bonds is 2. The third kappa shape index (κ3) is 2.79. The Morgan fingerprint density at radius 1 is 0.944 bits per heavy atom. The number of carbonyl (C=O) groups excluding carboxylic acids is 1. The van der Waals surface area contributed by atoms with Gasteiger partial charge >= 0.3 is 6.09 Å². The summed E-state index contributed by atoms with van der Waals surface area (Å²) >= 11 is 0. The number of aliphatic imine (C=N–C) groups is 1. The highest BCUT2D eigenvalue weighted by Gasteiger charge is 2.50. The highest BCUT2D eigenvalue weighted by molar-refractivity contribution is 5.76. The lowest BCUT2D eigenvalue weighted by atomic mass is 9.83. The fourth-order valence-corrected chi connectivity index (χ4v) is 1.80. The maximum absolute atomic E-state index is 10.6. The van der Waals surface area contributed by atoms with Gasteiger partial charge in [0.25, 0.3) is 0 Å². The smallest absolute Gasteiger partial charge is 0.404 e. The number of nitrogens with zero attached hydrogens (tertiary/aromatic N) is 1. The minimum absolute atomic E-state index is 0.445. The maximum Gasteiger partial charge on any atom is 0.404 e. The second kappa shape index (κ2) is 5.35. The normalized spacial score (nSPS) is 40.0. The lowest BCUT2D eigenvalue weighted by Crippen LogP contribution is -2.64. The molecule has 0 spiro atoms. The van der Waals surface area contributed by atoms with Gasteiger partial charge in [0.05, 0.1) is 0 Å². The number of nitrogens with two attached hydrogens (primary N) is 3. The Hall–Kier alpha value is -1.62. The Kier molecular flexibility index (Phi) is 4.29. The molecular weight excluding hydrogens is 248 g/mol. The summed E-state index contributed by atoms with van der Waals surface area (Å²) < 4.78 is 4.46. The number of aliphatic hydroxyl groups is 4. The molecule has 10 heteroatoms. The Morgan fingerprint density at radius 2 is 1.50 bits per heavy atom. The lowest BCUT2D eigenvalue weighted by molar-refractivity contribution is -0.183. The number of ether oxygens (including phenoxy) is 1. The molecule has 10 N–H and O–H groups in total. The number of guanidine groups is 1. The molecule has 1 fully saturated rings. The number of primary amides is 1. The molecule has 6 unspecified atom stereocenters. The van der Waals surface area contributed by atoms with Crippen LogP contribution in [-0.2, 0) is 4.74 Å². The van der Waals surface area contributed by atoms with E-state index >= 15 is 0 Å². The van der Waals surface area contributed by atoms with Crippen LogP contribution >= 0.6 is 0 Å². The number of hydrogen-bond acceptors (Lipinski definition) is 7. The Balaban J connectivity index is 2.99. The average Bonchev–Trinajstić information content (AvgIpc) is 2.27. The lowest BCUT2D eigenvalue weighted by Gasteiger charge is -2.41. The van der Waals surface area contributed by atoms with Gasteiger partial charge in [-0.1, -0.05) is 0 Å². The molecule has 0 bridgehead atoms. The molecule has 0 radical (unpaired) electrons. The second-order valence-electron chi connectivity index (χ2n) is 3.91. The van der Waals surface area contributed by atoms with E-state index in [1.165, 1.54) is 0 Å². The number of amides is 1. The zero-order valence-corrected chi connectivity index (χ0v) is 9.25. The summed E-state index contributed by atoms with van der Waals surface area (Å²) in [5, 5.41) is 38.5. The Bertz CT molecular complexity index is 346. The first kappa shape index (κ1) is 14.4. The summed E-state index contributed by atoms with van der Waals surface area (Å²) in [5.41, 5.74) is 15.0. The molecule has 0 aromatic carbocycles. The highest BCUT2D eigenvalue weighted by atomic mass is 16.6. The van der Waals surface area contributed by atoms with Crippen molar-refractivity contribution in [2.45, 2.75) is 36.6 Å². The zero-order valence-electron chi connectivity index (χ0n) is 9.25. The van der Waals surface area contributed by atoms with E-state index in [1.807, 2.05) is 0 Å². The summed E-state index contributed by atoms with van der Waals surface area (Å²) in [6, 6.07) is -1.35. The van der Waals surface area contributed by atoms with Crippen LogP contribution in [0.2, 0.25) is 0 Å².